The number of carbonyl (C=O) groups is 2. The fourth-order valence-corrected chi connectivity index (χ4v) is 5.28. The third-order valence-electron chi connectivity index (χ3n) is 7.67. The molecule has 2 saturated heterocycles. The number of likely N-dealkylation sites (N-methyl/N-ethyl adjacent to an activating group) is 2. The molecule has 2 aliphatic rings. The average Bonchev–Trinajstić information content (AvgIpc) is 3.28. The van der Waals surface area contributed by atoms with Crippen molar-refractivity contribution in [2.24, 2.45) is 0 Å². The molecule has 3 heterocycles. The van der Waals surface area contributed by atoms with Crippen LogP contribution in [0.2, 0.25) is 0 Å². The zero-order valence-corrected chi connectivity index (χ0v) is 22.9. The predicted molar refractivity (Wildman–Crippen MR) is 146 cm³/mol. The summed E-state index contributed by atoms with van der Waals surface area (Å²) < 4.78 is 12.2. The van der Waals surface area contributed by atoms with Gasteiger partial charge in [-0.3, -0.25) is 14.5 Å². The smallest absolute Gasteiger partial charge is 0.258 e. The van der Waals surface area contributed by atoms with Crippen molar-refractivity contribution in [1.82, 2.24) is 19.6 Å². The van der Waals surface area contributed by atoms with Gasteiger partial charge in [-0.25, -0.2) is 0 Å². The molecule has 0 bridgehead atoms. The van der Waals surface area contributed by atoms with Gasteiger partial charge in [0.05, 0.1) is 18.2 Å². The number of carbonyl (C=O) groups excluding carboxylic acids is 2. The van der Waals surface area contributed by atoms with Crippen LogP contribution in [0.1, 0.15) is 55.1 Å². The molecule has 37 heavy (non-hydrogen) atoms. The van der Waals surface area contributed by atoms with Gasteiger partial charge in [0, 0.05) is 64.2 Å². The van der Waals surface area contributed by atoms with Crippen LogP contribution in [0.25, 0.3) is 11.0 Å². The Morgan fingerprint density at radius 3 is 2.49 bits per heavy atom. The van der Waals surface area contributed by atoms with E-state index in [1.807, 2.05) is 41.1 Å². The molecular formula is C29H44N4O4. The van der Waals surface area contributed by atoms with Crippen LogP contribution in [0.4, 0.5) is 0 Å². The van der Waals surface area contributed by atoms with E-state index in [1.54, 1.807) is 0 Å². The normalized spacial score (nSPS) is 17.7. The van der Waals surface area contributed by atoms with Crippen molar-refractivity contribution < 1.29 is 18.7 Å². The first-order valence-corrected chi connectivity index (χ1v) is 14.0. The van der Waals surface area contributed by atoms with E-state index in [4.69, 9.17) is 9.15 Å². The van der Waals surface area contributed by atoms with E-state index in [0.29, 0.717) is 26.2 Å². The summed E-state index contributed by atoms with van der Waals surface area (Å²) in [6, 6.07) is 7.86. The highest BCUT2D eigenvalue weighted by Crippen LogP contribution is 2.29. The average molecular weight is 513 g/mol. The largest absolute Gasteiger partial charge is 0.460 e. The number of hydrogen-bond acceptors (Lipinski definition) is 6. The molecular weight excluding hydrogens is 468 g/mol. The summed E-state index contributed by atoms with van der Waals surface area (Å²) in [7, 11) is 4.10. The zero-order chi connectivity index (χ0) is 26.2. The van der Waals surface area contributed by atoms with Gasteiger partial charge in [0.15, 0.2) is 0 Å². The summed E-state index contributed by atoms with van der Waals surface area (Å²) in [5.41, 5.74) is 1.54. The highest BCUT2D eigenvalue weighted by Gasteiger charge is 2.28. The molecule has 204 valence electrons. The van der Waals surface area contributed by atoms with Crippen LogP contribution in [-0.4, -0.2) is 111 Å². The monoisotopic (exact) mass is 512 g/mol. The van der Waals surface area contributed by atoms with Gasteiger partial charge in [-0.2, -0.15) is 0 Å². The number of para-hydroxylation sites is 1. The van der Waals surface area contributed by atoms with Gasteiger partial charge in [-0.1, -0.05) is 31.5 Å². The maximum absolute atomic E-state index is 13.5. The highest BCUT2D eigenvalue weighted by atomic mass is 16.5. The van der Waals surface area contributed by atoms with Crippen molar-refractivity contribution in [2.75, 3.05) is 73.1 Å². The third kappa shape index (κ3) is 7.33. The Bertz CT molecular complexity index is 1020. The van der Waals surface area contributed by atoms with E-state index in [0.717, 1.165) is 93.5 Å². The number of piperidine rings is 1. The summed E-state index contributed by atoms with van der Waals surface area (Å²) in [5.74, 6) is 1.12. The Hall–Kier alpha value is -2.42. The number of benzene rings is 1. The van der Waals surface area contributed by atoms with E-state index in [9.17, 15) is 9.59 Å². The van der Waals surface area contributed by atoms with Crippen LogP contribution in [0.5, 0.6) is 0 Å². The number of hydrogen-bond donors (Lipinski definition) is 0. The van der Waals surface area contributed by atoms with Crippen molar-refractivity contribution in [2.45, 2.75) is 51.6 Å². The Balaban J connectivity index is 1.18. The van der Waals surface area contributed by atoms with Crippen molar-refractivity contribution in [3.05, 3.63) is 35.6 Å². The fourth-order valence-electron chi connectivity index (χ4n) is 5.28. The Labute approximate surface area is 221 Å². The quantitative estimate of drug-likeness (QED) is 0.430. The first-order valence-electron chi connectivity index (χ1n) is 14.0. The number of unbranched alkanes of at least 4 members (excludes halogenated alkanes) is 1. The maximum Gasteiger partial charge on any atom is 0.258 e. The minimum atomic E-state index is 0.0844. The van der Waals surface area contributed by atoms with Crippen molar-refractivity contribution in [3.63, 3.8) is 0 Å². The molecule has 2 fully saturated rings. The lowest BCUT2D eigenvalue weighted by molar-refractivity contribution is -0.133. The lowest BCUT2D eigenvalue weighted by atomic mass is 10.0. The molecule has 0 radical (unpaired) electrons. The number of rotatable bonds is 11. The number of nitrogens with zero attached hydrogens (tertiary/aromatic N) is 4. The standard InChI is InChI=1S/C29H44N4O4/c1-4-5-10-26-28(24-9-6-7-11-25(24)37-26)29(35)33-15-12-23(13-16-33)36-21-8-14-31(3)22-27(34)32-19-17-30(2)18-20-32/h6-7,9,11,23H,4-5,8,10,12-22H2,1-3H3. The third-order valence-corrected chi connectivity index (χ3v) is 7.67. The van der Waals surface area contributed by atoms with Crippen LogP contribution in [-0.2, 0) is 16.0 Å². The van der Waals surface area contributed by atoms with Gasteiger partial charge < -0.3 is 23.9 Å². The molecule has 0 N–H and O–H groups in total. The second-order valence-electron chi connectivity index (χ2n) is 10.6. The second kappa shape index (κ2) is 13.4. The highest BCUT2D eigenvalue weighted by molar-refractivity contribution is 6.07. The molecule has 4 rings (SSSR count). The van der Waals surface area contributed by atoms with Gasteiger partial charge in [0.25, 0.3) is 5.91 Å². The molecule has 2 aromatic rings. The van der Waals surface area contributed by atoms with Crippen LogP contribution in [0.15, 0.2) is 28.7 Å². The number of ether oxygens (including phenoxy) is 1. The maximum atomic E-state index is 13.5. The molecule has 1 aromatic carbocycles. The summed E-state index contributed by atoms with van der Waals surface area (Å²) in [4.78, 5) is 34.3. The minimum Gasteiger partial charge on any atom is -0.460 e. The van der Waals surface area contributed by atoms with Gasteiger partial charge in [-0.15, -0.1) is 0 Å². The van der Waals surface area contributed by atoms with E-state index >= 15 is 0 Å². The molecule has 8 nitrogen and oxygen atoms in total. The molecule has 0 saturated carbocycles. The summed E-state index contributed by atoms with van der Waals surface area (Å²) >= 11 is 0. The number of aryl methyl sites for hydroxylation is 1. The number of fused-ring (bicyclic) bond motifs is 1. The lowest BCUT2D eigenvalue weighted by Gasteiger charge is -2.33. The molecule has 0 aliphatic carbocycles. The van der Waals surface area contributed by atoms with E-state index < -0.39 is 0 Å². The molecule has 1 aromatic heterocycles. The van der Waals surface area contributed by atoms with Crippen LogP contribution in [0.3, 0.4) is 0 Å². The van der Waals surface area contributed by atoms with E-state index in [2.05, 4.69) is 23.8 Å². The molecule has 2 aliphatic heterocycles. The Morgan fingerprint density at radius 2 is 1.76 bits per heavy atom. The number of amides is 2. The molecule has 0 spiro atoms. The second-order valence-corrected chi connectivity index (χ2v) is 10.6. The SMILES string of the molecule is CCCCc1oc2ccccc2c1C(=O)N1CCC(OCCCN(C)CC(=O)N2CCN(C)CC2)CC1. The first-order chi connectivity index (χ1) is 18.0. The van der Waals surface area contributed by atoms with Crippen LogP contribution < -0.4 is 0 Å². The molecule has 2 amide bonds. The van der Waals surface area contributed by atoms with Crippen LogP contribution >= 0.6 is 0 Å². The zero-order valence-electron chi connectivity index (χ0n) is 22.9. The van der Waals surface area contributed by atoms with Gasteiger partial charge >= 0.3 is 0 Å². The summed E-state index contributed by atoms with van der Waals surface area (Å²) in [6.45, 7) is 9.09. The van der Waals surface area contributed by atoms with Crippen molar-refractivity contribution in [1.29, 1.82) is 0 Å². The van der Waals surface area contributed by atoms with Crippen molar-refractivity contribution >= 4 is 22.8 Å². The number of likely N-dealkylation sites (tertiary alicyclic amines) is 1. The van der Waals surface area contributed by atoms with Crippen molar-refractivity contribution in [3.8, 4) is 0 Å². The summed E-state index contributed by atoms with van der Waals surface area (Å²) in [6.07, 6.45) is 5.65. The van der Waals surface area contributed by atoms with Gasteiger partial charge in [0.1, 0.15) is 11.3 Å². The number of furan rings is 1. The topological polar surface area (TPSA) is 69.5 Å². The predicted octanol–water partition coefficient (Wildman–Crippen LogP) is 3.49. The molecule has 8 heteroatoms. The summed E-state index contributed by atoms with van der Waals surface area (Å²) in [5, 5.41) is 0.923. The van der Waals surface area contributed by atoms with E-state index in [-0.39, 0.29) is 17.9 Å². The van der Waals surface area contributed by atoms with Gasteiger partial charge in [-0.05, 0) is 45.8 Å². The molecule has 0 unspecified atom stereocenters. The Kier molecular flexibility index (Phi) is 10.00. The lowest BCUT2D eigenvalue weighted by Crippen LogP contribution is -2.49. The number of piperazine rings is 1. The van der Waals surface area contributed by atoms with E-state index in [1.165, 1.54) is 0 Å². The van der Waals surface area contributed by atoms with Crippen LogP contribution in [0, 0.1) is 0 Å². The first kappa shape index (κ1) is 27.6. The van der Waals surface area contributed by atoms with Gasteiger partial charge in [0.2, 0.25) is 5.91 Å². The molecule has 0 atom stereocenters. The Morgan fingerprint density at radius 1 is 1.03 bits per heavy atom. The minimum absolute atomic E-state index is 0.0844. The fraction of sp³-hybridized carbons (Fsp3) is 0.655.